The molecule has 1 fully saturated rings. The number of nitrogens with zero attached hydrogens (tertiary/aromatic N) is 1. The van der Waals surface area contributed by atoms with Crippen LogP contribution >= 0.6 is 0 Å². The van der Waals surface area contributed by atoms with E-state index in [1.54, 1.807) is 7.11 Å². The van der Waals surface area contributed by atoms with E-state index in [4.69, 9.17) is 4.74 Å². The number of methoxy groups -OCH3 is 1. The van der Waals surface area contributed by atoms with Crippen LogP contribution in [0, 0.1) is 0 Å². The van der Waals surface area contributed by atoms with Gasteiger partial charge < -0.3 is 10.1 Å². The highest BCUT2D eigenvalue weighted by atomic mass is 16.5. The molecule has 22 heavy (non-hydrogen) atoms. The van der Waals surface area contributed by atoms with Gasteiger partial charge in [-0.05, 0) is 49.9 Å². The lowest BCUT2D eigenvalue weighted by atomic mass is 9.99. The highest BCUT2D eigenvalue weighted by Gasteiger charge is 2.46. The molecule has 122 valence electrons. The summed E-state index contributed by atoms with van der Waals surface area (Å²) in [5, 5.41) is 2.98. The van der Waals surface area contributed by atoms with Crippen LogP contribution < -0.4 is 5.32 Å². The SMILES string of the molecule is CC[C@H](C)c1ccc(NC(=O)CN(C)C2(COC)CC2)cc1. The second kappa shape index (κ2) is 7.25. The first-order chi connectivity index (χ1) is 10.5. The number of hydrogen-bond acceptors (Lipinski definition) is 3. The van der Waals surface area contributed by atoms with Gasteiger partial charge in [-0.1, -0.05) is 26.0 Å². The number of anilines is 1. The molecule has 4 heteroatoms. The van der Waals surface area contributed by atoms with Gasteiger partial charge in [-0.15, -0.1) is 0 Å². The van der Waals surface area contributed by atoms with Gasteiger partial charge in [0.05, 0.1) is 13.2 Å². The van der Waals surface area contributed by atoms with Crippen LogP contribution in [0.25, 0.3) is 0 Å². The van der Waals surface area contributed by atoms with Gasteiger partial charge in [0.25, 0.3) is 0 Å². The van der Waals surface area contributed by atoms with Crippen molar-refractivity contribution >= 4 is 11.6 Å². The maximum absolute atomic E-state index is 12.2. The molecular formula is C18H28N2O2. The van der Waals surface area contributed by atoms with E-state index in [9.17, 15) is 4.79 Å². The molecular weight excluding hydrogens is 276 g/mol. The van der Waals surface area contributed by atoms with Gasteiger partial charge in [0.15, 0.2) is 0 Å². The average Bonchev–Trinajstić information content (AvgIpc) is 3.28. The third kappa shape index (κ3) is 4.08. The number of amides is 1. The normalized spacial score (nSPS) is 17.3. The molecule has 0 saturated heterocycles. The van der Waals surface area contributed by atoms with Crippen LogP contribution in [0.5, 0.6) is 0 Å². The van der Waals surface area contributed by atoms with Gasteiger partial charge >= 0.3 is 0 Å². The lowest BCUT2D eigenvalue weighted by Crippen LogP contribution is -2.42. The van der Waals surface area contributed by atoms with Crippen LogP contribution in [0.4, 0.5) is 5.69 Å². The molecule has 0 bridgehead atoms. The van der Waals surface area contributed by atoms with Crippen LogP contribution in [-0.4, -0.2) is 43.7 Å². The van der Waals surface area contributed by atoms with Crippen LogP contribution in [0.1, 0.15) is 44.6 Å². The summed E-state index contributed by atoms with van der Waals surface area (Å²) in [6, 6.07) is 8.17. The van der Waals surface area contributed by atoms with Crippen molar-refractivity contribution in [2.75, 3.05) is 32.6 Å². The highest BCUT2D eigenvalue weighted by Crippen LogP contribution is 2.40. The Morgan fingerprint density at radius 1 is 1.36 bits per heavy atom. The summed E-state index contributed by atoms with van der Waals surface area (Å²) in [4.78, 5) is 14.3. The molecule has 1 atom stereocenters. The molecule has 2 rings (SSSR count). The van der Waals surface area contributed by atoms with E-state index >= 15 is 0 Å². The predicted molar refractivity (Wildman–Crippen MR) is 90.2 cm³/mol. The van der Waals surface area contributed by atoms with Gasteiger partial charge in [0.2, 0.25) is 5.91 Å². The van der Waals surface area contributed by atoms with Crippen molar-refractivity contribution in [2.24, 2.45) is 0 Å². The quantitative estimate of drug-likeness (QED) is 0.801. The smallest absolute Gasteiger partial charge is 0.238 e. The Kier molecular flexibility index (Phi) is 5.59. The summed E-state index contributed by atoms with van der Waals surface area (Å²) in [6.07, 6.45) is 3.33. The third-order valence-electron chi connectivity index (χ3n) is 4.81. The number of carbonyl (C=O) groups excluding carboxylic acids is 1. The predicted octanol–water partition coefficient (Wildman–Crippen LogP) is 3.25. The first kappa shape index (κ1) is 17.0. The summed E-state index contributed by atoms with van der Waals surface area (Å²) in [7, 11) is 3.71. The molecule has 0 aliphatic heterocycles. The molecule has 0 aromatic heterocycles. The Bertz CT molecular complexity index is 494. The first-order valence-electron chi connectivity index (χ1n) is 8.11. The fourth-order valence-electron chi connectivity index (χ4n) is 2.76. The molecule has 0 radical (unpaired) electrons. The largest absolute Gasteiger partial charge is 0.383 e. The first-order valence-corrected chi connectivity index (χ1v) is 8.11. The minimum atomic E-state index is 0.0289. The van der Waals surface area contributed by atoms with Crippen molar-refractivity contribution < 1.29 is 9.53 Å². The van der Waals surface area contributed by atoms with Crippen molar-refractivity contribution in [3.8, 4) is 0 Å². The van der Waals surface area contributed by atoms with E-state index in [1.165, 1.54) is 5.56 Å². The maximum Gasteiger partial charge on any atom is 0.238 e. The molecule has 1 saturated carbocycles. The van der Waals surface area contributed by atoms with Gasteiger partial charge in [-0.25, -0.2) is 0 Å². The fraction of sp³-hybridized carbons (Fsp3) is 0.611. The topological polar surface area (TPSA) is 41.6 Å². The molecule has 1 aromatic rings. The molecule has 1 amide bonds. The Hall–Kier alpha value is -1.39. The van der Waals surface area contributed by atoms with E-state index in [1.807, 2.05) is 19.2 Å². The number of rotatable bonds is 8. The molecule has 4 nitrogen and oxygen atoms in total. The average molecular weight is 304 g/mol. The van der Waals surface area contributed by atoms with E-state index < -0.39 is 0 Å². The van der Waals surface area contributed by atoms with Crippen molar-refractivity contribution in [1.29, 1.82) is 0 Å². The lowest BCUT2D eigenvalue weighted by Gasteiger charge is -2.26. The standard InChI is InChI=1S/C18H28N2O2/c1-5-14(2)15-6-8-16(9-7-15)19-17(21)12-20(3)18(10-11-18)13-22-4/h6-9,14H,5,10-13H2,1-4H3,(H,19,21)/t14-/m0/s1. The zero-order valence-electron chi connectivity index (χ0n) is 14.2. The number of hydrogen-bond donors (Lipinski definition) is 1. The lowest BCUT2D eigenvalue weighted by molar-refractivity contribution is -0.118. The highest BCUT2D eigenvalue weighted by molar-refractivity contribution is 5.92. The summed E-state index contributed by atoms with van der Waals surface area (Å²) < 4.78 is 5.26. The van der Waals surface area contributed by atoms with E-state index in [0.29, 0.717) is 19.1 Å². The molecule has 1 N–H and O–H groups in total. The second-order valence-corrected chi connectivity index (χ2v) is 6.49. The molecule has 1 aliphatic carbocycles. The number of carbonyl (C=O) groups is 1. The molecule has 0 spiro atoms. The molecule has 1 aromatic carbocycles. The Morgan fingerprint density at radius 2 is 2.00 bits per heavy atom. The van der Waals surface area contributed by atoms with E-state index in [2.05, 4.69) is 36.2 Å². The van der Waals surface area contributed by atoms with Crippen molar-refractivity contribution in [2.45, 2.75) is 44.6 Å². The van der Waals surface area contributed by atoms with Crippen LogP contribution in [-0.2, 0) is 9.53 Å². The fourth-order valence-corrected chi connectivity index (χ4v) is 2.76. The van der Waals surface area contributed by atoms with Gasteiger partial charge in [0, 0.05) is 18.3 Å². The molecule has 0 heterocycles. The summed E-state index contributed by atoms with van der Waals surface area (Å²) in [6.45, 7) is 5.49. The Balaban J connectivity index is 1.87. The number of likely N-dealkylation sites (N-methyl/N-ethyl adjacent to an activating group) is 1. The van der Waals surface area contributed by atoms with Crippen LogP contribution in [0.15, 0.2) is 24.3 Å². The number of ether oxygens (including phenoxy) is 1. The molecule has 0 unspecified atom stereocenters. The minimum absolute atomic E-state index is 0.0289. The van der Waals surface area contributed by atoms with Gasteiger partial charge in [0.1, 0.15) is 0 Å². The number of nitrogens with one attached hydrogen (secondary N) is 1. The Labute approximate surface area is 133 Å². The third-order valence-corrected chi connectivity index (χ3v) is 4.81. The zero-order valence-corrected chi connectivity index (χ0v) is 14.2. The zero-order chi connectivity index (χ0) is 16.2. The summed E-state index contributed by atoms with van der Waals surface area (Å²) in [5.41, 5.74) is 2.25. The Morgan fingerprint density at radius 3 is 2.50 bits per heavy atom. The summed E-state index contributed by atoms with van der Waals surface area (Å²) in [5.74, 6) is 0.584. The van der Waals surface area contributed by atoms with Gasteiger partial charge in [-0.2, -0.15) is 0 Å². The van der Waals surface area contributed by atoms with E-state index in [0.717, 1.165) is 24.9 Å². The van der Waals surface area contributed by atoms with E-state index in [-0.39, 0.29) is 11.4 Å². The summed E-state index contributed by atoms with van der Waals surface area (Å²) >= 11 is 0. The molecule has 1 aliphatic rings. The van der Waals surface area contributed by atoms with Crippen LogP contribution in [0.3, 0.4) is 0 Å². The monoisotopic (exact) mass is 304 g/mol. The van der Waals surface area contributed by atoms with Crippen LogP contribution in [0.2, 0.25) is 0 Å². The number of benzene rings is 1. The van der Waals surface area contributed by atoms with Crippen molar-refractivity contribution in [3.63, 3.8) is 0 Å². The maximum atomic E-state index is 12.2. The minimum Gasteiger partial charge on any atom is -0.383 e. The van der Waals surface area contributed by atoms with Gasteiger partial charge in [-0.3, -0.25) is 9.69 Å². The second-order valence-electron chi connectivity index (χ2n) is 6.49. The van der Waals surface area contributed by atoms with Crippen molar-refractivity contribution in [1.82, 2.24) is 4.90 Å². The van der Waals surface area contributed by atoms with Crippen molar-refractivity contribution in [3.05, 3.63) is 29.8 Å².